The Bertz CT molecular complexity index is 1310. The van der Waals surface area contributed by atoms with Gasteiger partial charge in [-0.1, -0.05) is 24.3 Å². The van der Waals surface area contributed by atoms with Gasteiger partial charge in [0.2, 0.25) is 11.8 Å². The number of rotatable bonds is 4. The molecule has 0 fully saturated rings. The topological polar surface area (TPSA) is 64.1 Å². The van der Waals surface area contributed by atoms with E-state index in [-0.39, 0.29) is 0 Å². The van der Waals surface area contributed by atoms with E-state index < -0.39 is 0 Å². The lowest BCUT2D eigenvalue weighted by atomic mass is 10.2. The molecule has 148 valence electrons. The molecule has 5 heteroatoms. The van der Waals surface area contributed by atoms with Crippen molar-refractivity contribution in [1.82, 2.24) is 9.97 Å². The Hall–Kier alpha value is -4.38. The van der Waals surface area contributed by atoms with Gasteiger partial charge >= 0.3 is 0 Å². The number of nitrogens with one attached hydrogen (secondary N) is 1. The Morgan fingerprint density at radius 2 is 0.903 bits per heavy atom. The van der Waals surface area contributed by atoms with Crippen LogP contribution in [0.5, 0.6) is 0 Å². The number of hydrogen-bond donors (Lipinski definition) is 1. The fourth-order valence-electron chi connectivity index (χ4n) is 3.55. The lowest BCUT2D eigenvalue weighted by molar-refractivity contribution is 0.619. The van der Waals surface area contributed by atoms with Crippen molar-refractivity contribution in [2.45, 2.75) is 0 Å². The van der Waals surface area contributed by atoms with E-state index in [1.807, 2.05) is 97.1 Å². The lowest BCUT2D eigenvalue weighted by Gasteiger charge is -2.07. The molecule has 4 aromatic carbocycles. The van der Waals surface area contributed by atoms with Gasteiger partial charge < -0.3 is 14.2 Å². The molecule has 1 N–H and O–H groups in total. The summed E-state index contributed by atoms with van der Waals surface area (Å²) in [5.74, 6) is 1.24. The summed E-state index contributed by atoms with van der Waals surface area (Å²) >= 11 is 0. The smallest absolute Gasteiger partial charge is 0.227 e. The minimum Gasteiger partial charge on any atom is -0.436 e. The molecule has 0 spiro atoms. The van der Waals surface area contributed by atoms with E-state index in [0.29, 0.717) is 11.8 Å². The summed E-state index contributed by atoms with van der Waals surface area (Å²) in [5, 5.41) is 3.41. The Labute approximate surface area is 178 Å². The number of aromatic nitrogens is 2. The van der Waals surface area contributed by atoms with Gasteiger partial charge in [-0.3, -0.25) is 0 Å². The minimum absolute atomic E-state index is 0.621. The first-order valence-corrected chi connectivity index (χ1v) is 10.0. The summed E-state index contributed by atoms with van der Waals surface area (Å²) < 4.78 is 11.7. The Morgan fingerprint density at radius 3 is 1.32 bits per heavy atom. The van der Waals surface area contributed by atoms with E-state index in [1.54, 1.807) is 0 Å². The molecular formula is C26H17N3O2. The molecule has 0 saturated heterocycles. The van der Waals surface area contributed by atoms with E-state index in [2.05, 4.69) is 15.3 Å². The maximum atomic E-state index is 5.84. The molecule has 2 heterocycles. The van der Waals surface area contributed by atoms with Gasteiger partial charge in [0.15, 0.2) is 11.2 Å². The molecule has 0 aliphatic rings. The second-order valence-corrected chi connectivity index (χ2v) is 7.25. The third-order valence-corrected chi connectivity index (χ3v) is 5.14. The molecule has 0 saturated carbocycles. The maximum Gasteiger partial charge on any atom is 0.227 e. The number of hydrogen-bond acceptors (Lipinski definition) is 5. The zero-order valence-electron chi connectivity index (χ0n) is 16.4. The number of oxazole rings is 2. The van der Waals surface area contributed by atoms with Gasteiger partial charge in [0.05, 0.1) is 0 Å². The van der Waals surface area contributed by atoms with Crippen LogP contribution in [-0.2, 0) is 0 Å². The summed E-state index contributed by atoms with van der Waals surface area (Å²) in [6, 6.07) is 31.6. The molecule has 0 radical (unpaired) electrons. The molecule has 0 amide bonds. The average Bonchev–Trinajstić information content (AvgIpc) is 3.44. The minimum atomic E-state index is 0.621. The van der Waals surface area contributed by atoms with Crippen molar-refractivity contribution in [3.05, 3.63) is 97.1 Å². The highest BCUT2D eigenvalue weighted by atomic mass is 16.4. The molecule has 6 rings (SSSR count). The molecule has 0 aliphatic carbocycles. The van der Waals surface area contributed by atoms with Crippen molar-refractivity contribution in [3.8, 4) is 22.9 Å². The van der Waals surface area contributed by atoms with Crippen LogP contribution in [0.25, 0.3) is 45.1 Å². The molecule has 31 heavy (non-hydrogen) atoms. The highest BCUT2D eigenvalue weighted by Crippen LogP contribution is 2.28. The monoisotopic (exact) mass is 403 g/mol. The van der Waals surface area contributed by atoms with Gasteiger partial charge in [-0.15, -0.1) is 0 Å². The van der Waals surface area contributed by atoms with Gasteiger partial charge in [0.1, 0.15) is 11.0 Å². The number of anilines is 2. The summed E-state index contributed by atoms with van der Waals surface area (Å²) in [4.78, 5) is 9.10. The van der Waals surface area contributed by atoms with Crippen LogP contribution in [0.15, 0.2) is 106 Å². The fraction of sp³-hybridized carbons (Fsp3) is 0. The van der Waals surface area contributed by atoms with Gasteiger partial charge in [0.25, 0.3) is 0 Å². The van der Waals surface area contributed by atoms with Gasteiger partial charge in [-0.05, 0) is 72.8 Å². The number of benzene rings is 4. The van der Waals surface area contributed by atoms with E-state index in [0.717, 1.165) is 44.7 Å². The summed E-state index contributed by atoms with van der Waals surface area (Å²) in [6.45, 7) is 0. The zero-order valence-corrected chi connectivity index (χ0v) is 16.4. The van der Waals surface area contributed by atoms with E-state index in [9.17, 15) is 0 Å². The Kier molecular flexibility index (Phi) is 4.03. The SMILES string of the molecule is c1ccc2oc(-c3ccc(Nc4ccc(-c5nc6ccccc6o5)cc4)cc3)nc2c1. The largest absolute Gasteiger partial charge is 0.436 e. The highest BCUT2D eigenvalue weighted by molar-refractivity contribution is 5.77. The van der Waals surface area contributed by atoms with Crippen LogP contribution in [0.2, 0.25) is 0 Å². The first-order valence-electron chi connectivity index (χ1n) is 10.0. The van der Waals surface area contributed by atoms with Crippen LogP contribution >= 0.6 is 0 Å². The van der Waals surface area contributed by atoms with Crippen molar-refractivity contribution in [2.24, 2.45) is 0 Å². The molecule has 0 unspecified atom stereocenters. The van der Waals surface area contributed by atoms with Crippen molar-refractivity contribution in [2.75, 3.05) is 5.32 Å². The highest BCUT2D eigenvalue weighted by Gasteiger charge is 2.09. The number of para-hydroxylation sites is 4. The summed E-state index contributed by atoms with van der Waals surface area (Å²) in [7, 11) is 0. The van der Waals surface area contributed by atoms with Crippen molar-refractivity contribution >= 4 is 33.6 Å². The van der Waals surface area contributed by atoms with Gasteiger partial charge in [0, 0.05) is 22.5 Å². The molecule has 0 atom stereocenters. The quantitative estimate of drug-likeness (QED) is 0.342. The first-order chi connectivity index (χ1) is 15.3. The zero-order chi connectivity index (χ0) is 20.6. The third kappa shape index (κ3) is 3.32. The summed E-state index contributed by atoms with van der Waals surface area (Å²) in [5.41, 5.74) is 7.14. The Morgan fingerprint density at radius 1 is 0.484 bits per heavy atom. The van der Waals surface area contributed by atoms with Crippen molar-refractivity contribution in [3.63, 3.8) is 0 Å². The number of nitrogens with zero attached hydrogens (tertiary/aromatic N) is 2. The Balaban J connectivity index is 1.20. The lowest BCUT2D eigenvalue weighted by Crippen LogP contribution is -1.90. The fourth-order valence-corrected chi connectivity index (χ4v) is 3.55. The predicted molar refractivity (Wildman–Crippen MR) is 122 cm³/mol. The van der Waals surface area contributed by atoms with Gasteiger partial charge in [-0.2, -0.15) is 0 Å². The normalized spacial score (nSPS) is 11.2. The third-order valence-electron chi connectivity index (χ3n) is 5.14. The number of fused-ring (bicyclic) bond motifs is 2. The van der Waals surface area contributed by atoms with Crippen LogP contribution in [0.4, 0.5) is 11.4 Å². The second-order valence-electron chi connectivity index (χ2n) is 7.25. The van der Waals surface area contributed by atoms with E-state index >= 15 is 0 Å². The standard InChI is InChI=1S/C26H17N3O2/c1-3-7-23-21(5-1)28-25(30-23)17-9-13-19(14-10-17)27-20-15-11-18(12-16-20)26-29-22-6-2-4-8-24(22)31-26/h1-16,27H. The second kappa shape index (κ2) is 7.15. The molecule has 6 aromatic rings. The van der Waals surface area contributed by atoms with Crippen LogP contribution in [0.1, 0.15) is 0 Å². The molecular weight excluding hydrogens is 386 g/mol. The van der Waals surface area contributed by atoms with Crippen LogP contribution in [-0.4, -0.2) is 9.97 Å². The molecule has 5 nitrogen and oxygen atoms in total. The molecule has 0 bridgehead atoms. The maximum absolute atomic E-state index is 5.84. The molecule has 2 aromatic heterocycles. The summed E-state index contributed by atoms with van der Waals surface area (Å²) in [6.07, 6.45) is 0. The first kappa shape index (κ1) is 17.5. The van der Waals surface area contributed by atoms with E-state index in [4.69, 9.17) is 8.83 Å². The average molecular weight is 403 g/mol. The van der Waals surface area contributed by atoms with Crippen LogP contribution < -0.4 is 5.32 Å². The van der Waals surface area contributed by atoms with Crippen molar-refractivity contribution < 1.29 is 8.83 Å². The van der Waals surface area contributed by atoms with Gasteiger partial charge in [-0.25, -0.2) is 9.97 Å². The van der Waals surface area contributed by atoms with E-state index in [1.165, 1.54) is 0 Å². The molecule has 0 aliphatic heterocycles. The van der Waals surface area contributed by atoms with Crippen molar-refractivity contribution in [1.29, 1.82) is 0 Å². The predicted octanol–water partition coefficient (Wildman–Crippen LogP) is 7.05. The van der Waals surface area contributed by atoms with Crippen LogP contribution in [0, 0.1) is 0 Å². The van der Waals surface area contributed by atoms with Crippen LogP contribution in [0.3, 0.4) is 0 Å².